The van der Waals surface area contributed by atoms with Crippen LogP contribution in [0.4, 0.5) is 0 Å². The Labute approximate surface area is 120 Å². The third-order valence-electron chi connectivity index (χ3n) is 3.13. The normalized spacial score (nSPS) is 13.8. The van der Waals surface area contributed by atoms with Crippen molar-refractivity contribution >= 4 is 5.97 Å². The van der Waals surface area contributed by atoms with Crippen LogP contribution in [0.5, 0.6) is 11.5 Å². The molecule has 0 aromatic heterocycles. The van der Waals surface area contributed by atoms with E-state index in [1.54, 1.807) is 33.3 Å². The van der Waals surface area contributed by atoms with Gasteiger partial charge in [0.1, 0.15) is 5.54 Å². The van der Waals surface area contributed by atoms with Crippen LogP contribution in [-0.2, 0) is 15.1 Å². The quantitative estimate of drug-likeness (QED) is 0.809. The van der Waals surface area contributed by atoms with Crippen LogP contribution in [0.15, 0.2) is 18.2 Å². The summed E-state index contributed by atoms with van der Waals surface area (Å²) in [6.07, 6.45) is 0. The second-order valence-corrected chi connectivity index (χ2v) is 4.99. The number of esters is 1. The third-order valence-corrected chi connectivity index (χ3v) is 3.13. The summed E-state index contributed by atoms with van der Waals surface area (Å²) in [4.78, 5) is 12.2. The van der Waals surface area contributed by atoms with Crippen LogP contribution in [0.1, 0.15) is 26.3 Å². The zero-order valence-corrected chi connectivity index (χ0v) is 12.9. The van der Waals surface area contributed by atoms with Crippen molar-refractivity contribution in [2.24, 2.45) is 0 Å². The van der Waals surface area contributed by atoms with Crippen molar-refractivity contribution in [2.75, 3.05) is 21.3 Å². The Kier molecular flexibility index (Phi) is 5.39. The molecule has 1 atom stereocenters. The molecule has 0 radical (unpaired) electrons. The van der Waals surface area contributed by atoms with Gasteiger partial charge in [-0.2, -0.15) is 0 Å². The maximum absolute atomic E-state index is 12.2. The van der Waals surface area contributed by atoms with Crippen molar-refractivity contribution < 1.29 is 19.0 Å². The second kappa shape index (κ2) is 6.61. The van der Waals surface area contributed by atoms with Crippen LogP contribution in [0, 0.1) is 0 Å². The Morgan fingerprint density at radius 3 is 2.20 bits per heavy atom. The molecule has 1 aromatic rings. The molecule has 0 fully saturated rings. The summed E-state index contributed by atoms with van der Waals surface area (Å²) < 4.78 is 15.4. The molecule has 0 heterocycles. The molecule has 0 saturated carbocycles. The fourth-order valence-electron chi connectivity index (χ4n) is 2.19. The fourth-order valence-corrected chi connectivity index (χ4v) is 2.19. The van der Waals surface area contributed by atoms with E-state index in [-0.39, 0.29) is 12.0 Å². The molecule has 0 aliphatic heterocycles. The van der Waals surface area contributed by atoms with Crippen LogP contribution in [0.25, 0.3) is 0 Å². The number of hydrogen-bond donors (Lipinski definition) is 1. The number of hydrogen-bond acceptors (Lipinski definition) is 5. The summed E-state index contributed by atoms with van der Waals surface area (Å²) in [5.74, 6) is 0.845. The lowest BCUT2D eigenvalue weighted by Crippen LogP contribution is -2.50. The van der Waals surface area contributed by atoms with Gasteiger partial charge in [0.05, 0.1) is 21.3 Å². The molecule has 0 amide bonds. The summed E-state index contributed by atoms with van der Waals surface area (Å²) in [6, 6.07) is 5.50. The summed E-state index contributed by atoms with van der Waals surface area (Å²) in [5.41, 5.74) is -0.182. The first-order chi connectivity index (χ1) is 9.38. The van der Waals surface area contributed by atoms with Gasteiger partial charge in [-0.1, -0.05) is 6.07 Å². The highest BCUT2D eigenvalue weighted by molar-refractivity contribution is 5.82. The highest BCUT2D eigenvalue weighted by Crippen LogP contribution is 2.33. The molecule has 0 aliphatic rings. The highest BCUT2D eigenvalue weighted by atomic mass is 16.5. The van der Waals surface area contributed by atoms with E-state index in [9.17, 15) is 4.79 Å². The van der Waals surface area contributed by atoms with E-state index in [4.69, 9.17) is 14.2 Å². The van der Waals surface area contributed by atoms with Crippen molar-refractivity contribution in [3.63, 3.8) is 0 Å². The molecular weight excluding hydrogens is 258 g/mol. The Morgan fingerprint density at radius 1 is 1.15 bits per heavy atom. The molecule has 0 aliphatic carbocycles. The van der Waals surface area contributed by atoms with E-state index < -0.39 is 5.54 Å². The minimum atomic E-state index is -0.942. The number of carbonyl (C=O) groups is 1. The predicted molar refractivity (Wildman–Crippen MR) is 77.2 cm³/mol. The third kappa shape index (κ3) is 3.22. The molecule has 1 unspecified atom stereocenters. The van der Waals surface area contributed by atoms with Gasteiger partial charge in [0.15, 0.2) is 11.5 Å². The largest absolute Gasteiger partial charge is 0.493 e. The average molecular weight is 281 g/mol. The van der Waals surface area contributed by atoms with E-state index in [2.05, 4.69) is 5.32 Å². The lowest BCUT2D eigenvalue weighted by Gasteiger charge is -2.31. The smallest absolute Gasteiger partial charge is 0.330 e. The molecule has 0 spiro atoms. The molecule has 5 heteroatoms. The summed E-state index contributed by atoms with van der Waals surface area (Å²) in [6.45, 7) is 5.74. The molecular formula is C15H23NO4. The topological polar surface area (TPSA) is 56.8 Å². The zero-order valence-electron chi connectivity index (χ0n) is 12.9. The van der Waals surface area contributed by atoms with Gasteiger partial charge in [-0.15, -0.1) is 0 Å². The minimum absolute atomic E-state index is 0.118. The number of ether oxygens (including phenoxy) is 3. The SMILES string of the molecule is COC(=O)C(C)(NC(C)C)c1ccc(OC)c(OC)c1. The van der Waals surface area contributed by atoms with Gasteiger partial charge >= 0.3 is 5.97 Å². The molecule has 1 N–H and O–H groups in total. The lowest BCUT2D eigenvalue weighted by atomic mass is 9.90. The van der Waals surface area contributed by atoms with Crippen molar-refractivity contribution in [3.05, 3.63) is 23.8 Å². The number of rotatable bonds is 6. The summed E-state index contributed by atoms with van der Waals surface area (Å²) in [5, 5.41) is 3.24. The van der Waals surface area contributed by atoms with Gasteiger partial charge in [0.2, 0.25) is 0 Å². The van der Waals surface area contributed by atoms with Crippen LogP contribution in [0.2, 0.25) is 0 Å². The zero-order chi connectivity index (χ0) is 15.3. The van der Waals surface area contributed by atoms with Crippen LogP contribution in [0.3, 0.4) is 0 Å². The number of nitrogens with one attached hydrogen (secondary N) is 1. The standard InChI is InChI=1S/C15H23NO4/c1-10(2)16-15(3,14(17)20-6)11-7-8-12(18-4)13(9-11)19-5/h7-10,16H,1-6H3. The number of carbonyl (C=O) groups excluding carboxylic acids is 1. The first-order valence-corrected chi connectivity index (χ1v) is 6.47. The summed E-state index contributed by atoms with van der Waals surface area (Å²) >= 11 is 0. The number of benzene rings is 1. The Bertz CT molecular complexity index is 473. The maximum Gasteiger partial charge on any atom is 0.330 e. The van der Waals surface area contributed by atoms with Gasteiger partial charge in [-0.3, -0.25) is 5.32 Å². The monoisotopic (exact) mass is 281 g/mol. The molecule has 112 valence electrons. The summed E-state index contributed by atoms with van der Waals surface area (Å²) in [7, 11) is 4.51. The Balaban J connectivity index is 3.30. The minimum Gasteiger partial charge on any atom is -0.493 e. The van der Waals surface area contributed by atoms with Crippen molar-refractivity contribution in [1.29, 1.82) is 0 Å². The highest BCUT2D eigenvalue weighted by Gasteiger charge is 2.37. The van der Waals surface area contributed by atoms with Gasteiger partial charge in [-0.25, -0.2) is 4.79 Å². The Hall–Kier alpha value is -1.75. The number of methoxy groups -OCH3 is 3. The Morgan fingerprint density at radius 2 is 1.75 bits per heavy atom. The van der Waals surface area contributed by atoms with E-state index in [1.807, 2.05) is 19.9 Å². The van der Waals surface area contributed by atoms with Crippen molar-refractivity contribution in [1.82, 2.24) is 5.32 Å². The van der Waals surface area contributed by atoms with E-state index in [0.717, 1.165) is 5.56 Å². The van der Waals surface area contributed by atoms with Gasteiger partial charge in [0, 0.05) is 6.04 Å². The van der Waals surface area contributed by atoms with Crippen LogP contribution in [-0.4, -0.2) is 33.3 Å². The predicted octanol–water partition coefficient (Wildman–Crippen LogP) is 2.09. The average Bonchev–Trinajstić information content (AvgIpc) is 2.44. The molecule has 1 aromatic carbocycles. The van der Waals surface area contributed by atoms with Gasteiger partial charge in [-0.05, 0) is 38.5 Å². The van der Waals surface area contributed by atoms with E-state index in [0.29, 0.717) is 11.5 Å². The van der Waals surface area contributed by atoms with Crippen molar-refractivity contribution in [2.45, 2.75) is 32.4 Å². The molecule has 5 nitrogen and oxygen atoms in total. The van der Waals surface area contributed by atoms with Crippen LogP contribution < -0.4 is 14.8 Å². The second-order valence-electron chi connectivity index (χ2n) is 4.99. The first kappa shape index (κ1) is 16.3. The molecule has 0 bridgehead atoms. The fraction of sp³-hybridized carbons (Fsp3) is 0.533. The molecule has 0 saturated heterocycles. The van der Waals surface area contributed by atoms with Gasteiger partial charge < -0.3 is 14.2 Å². The molecule has 20 heavy (non-hydrogen) atoms. The van der Waals surface area contributed by atoms with E-state index in [1.165, 1.54) is 7.11 Å². The van der Waals surface area contributed by atoms with E-state index >= 15 is 0 Å². The molecule has 1 rings (SSSR count). The maximum atomic E-state index is 12.2. The van der Waals surface area contributed by atoms with Crippen LogP contribution >= 0.6 is 0 Å². The first-order valence-electron chi connectivity index (χ1n) is 6.47. The van der Waals surface area contributed by atoms with Gasteiger partial charge in [0.25, 0.3) is 0 Å². The van der Waals surface area contributed by atoms with Crippen molar-refractivity contribution in [3.8, 4) is 11.5 Å². The lowest BCUT2D eigenvalue weighted by molar-refractivity contribution is -0.148.